The fraction of sp³-hybridized carbons (Fsp3) is 0.733. The van der Waals surface area contributed by atoms with Crippen molar-refractivity contribution in [3.63, 3.8) is 0 Å². The van der Waals surface area contributed by atoms with E-state index in [1.807, 2.05) is 0 Å². The van der Waals surface area contributed by atoms with Crippen LogP contribution in [-0.2, 0) is 11.8 Å². The van der Waals surface area contributed by atoms with E-state index in [4.69, 9.17) is 0 Å². The lowest BCUT2D eigenvalue weighted by Crippen LogP contribution is -2.52. The summed E-state index contributed by atoms with van der Waals surface area (Å²) in [6.45, 7) is 19.0. The average Bonchev–Trinajstić information content (AvgIpc) is 2.70. The number of hydrogen-bond acceptors (Lipinski definition) is 1. The summed E-state index contributed by atoms with van der Waals surface area (Å²) in [6.07, 6.45) is 13.0. The molecule has 1 aromatic carbocycles. The van der Waals surface area contributed by atoms with E-state index in [-0.39, 0.29) is 0 Å². The molecule has 0 bridgehead atoms. The van der Waals surface area contributed by atoms with Crippen molar-refractivity contribution in [2.24, 2.45) is 17.3 Å². The molecule has 2 aliphatic rings. The Labute approximate surface area is 193 Å². The Hall–Kier alpha value is -1.08. The predicted molar refractivity (Wildman–Crippen MR) is 137 cm³/mol. The molecule has 174 valence electrons. The molecule has 2 aliphatic carbocycles. The van der Waals surface area contributed by atoms with Gasteiger partial charge in [0.05, 0.1) is 0 Å². The Morgan fingerprint density at radius 2 is 1.90 bits per heavy atom. The molecular formula is C30H49N. The topological polar surface area (TPSA) is 12.0 Å². The van der Waals surface area contributed by atoms with E-state index < -0.39 is 0 Å². The number of benzene rings is 1. The minimum atomic E-state index is 0.357. The fourth-order valence-electron chi connectivity index (χ4n) is 6.74. The van der Waals surface area contributed by atoms with Crippen molar-refractivity contribution in [2.45, 2.75) is 111 Å². The zero-order valence-corrected chi connectivity index (χ0v) is 21.6. The van der Waals surface area contributed by atoms with Crippen LogP contribution >= 0.6 is 0 Å². The number of rotatable bonds is 9. The van der Waals surface area contributed by atoms with Crippen LogP contribution in [-0.4, -0.2) is 13.1 Å². The van der Waals surface area contributed by atoms with Crippen LogP contribution in [0, 0.1) is 17.3 Å². The van der Waals surface area contributed by atoms with Crippen LogP contribution in [0.4, 0.5) is 0 Å². The predicted octanol–water partition coefficient (Wildman–Crippen LogP) is 8.18. The molecule has 0 spiro atoms. The molecule has 0 heterocycles. The van der Waals surface area contributed by atoms with Gasteiger partial charge >= 0.3 is 0 Å². The summed E-state index contributed by atoms with van der Waals surface area (Å²) in [5.41, 5.74) is 7.06. The van der Waals surface area contributed by atoms with Crippen LogP contribution < -0.4 is 5.32 Å². The molecule has 1 aromatic rings. The SMILES string of the molecule is CC(C)=CCC[C@H](C)CCNC[C@]1(C)CCC[C@@]2(C)c3ccc(C(C)C)cc3CC[C@H]12. The maximum atomic E-state index is 3.91. The minimum absolute atomic E-state index is 0.357. The highest BCUT2D eigenvalue weighted by Crippen LogP contribution is 2.57. The molecule has 1 heteroatoms. The van der Waals surface area contributed by atoms with Crippen molar-refractivity contribution in [3.8, 4) is 0 Å². The van der Waals surface area contributed by atoms with Gasteiger partial charge in [-0.1, -0.05) is 70.9 Å². The van der Waals surface area contributed by atoms with Gasteiger partial charge < -0.3 is 5.32 Å². The lowest BCUT2D eigenvalue weighted by Gasteiger charge is -2.56. The maximum absolute atomic E-state index is 3.91. The van der Waals surface area contributed by atoms with Gasteiger partial charge in [-0.2, -0.15) is 0 Å². The number of allylic oxidation sites excluding steroid dienone is 2. The standard InChI is InChI=1S/C30H49N/c1-22(2)10-8-11-24(5)16-19-31-21-29(6)17-9-18-30(7)27-14-12-25(23(3)4)20-26(27)13-15-28(29)30/h10,12,14,20,23-24,28,31H,8-9,11,13,15-19,21H2,1-7H3/t24-,28+,29-,30-/m0/s1. The van der Waals surface area contributed by atoms with E-state index in [1.54, 1.807) is 11.1 Å². The number of hydrogen-bond donors (Lipinski definition) is 1. The second kappa shape index (κ2) is 10.2. The van der Waals surface area contributed by atoms with Gasteiger partial charge in [-0.15, -0.1) is 0 Å². The second-order valence-corrected chi connectivity index (χ2v) is 12.0. The monoisotopic (exact) mass is 423 g/mol. The zero-order chi connectivity index (χ0) is 22.6. The van der Waals surface area contributed by atoms with Crippen LogP contribution in [0.1, 0.15) is 116 Å². The lowest BCUT2D eigenvalue weighted by molar-refractivity contribution is 0.0258. The second-order valence-electron chi connectivity index (χ2n) is 12.0. The molecule has 3 rings (SSSR count). The van der Waals surface area contributed by atoms with E-state index in [2.05, 4.69) is 78.1 Å². The first-order chi connectivity index (χ1) is 14.7. The Bertz CT molecular complexity index is 756. The van der Waals surface area contributed by atoms with E-state index >= 15 is 0 Å². The van der Waals surface area contributed by atoms with Gasteiger partial charge in [-0.3, -0.25) is 0 Å². The summed E-state index contributed by atoms with van der Waals surface area (Å²) in [5.74, 6) is 2.24. The quantitative estimate of drug-likeness (QED) is 0.312. The van der Waals surface area contributed by atoms with Gasteiger partial charge in [-0.25, -0.2) is 0 Å². The van der Waals surface area contributed by atoms with E-state index in [0.29, 0.717) is 16.7 Å². The largest absolute Gasteiger partial charge is 0.316 e. The maximum Gasteiger partial charge on any atom is 0.000814 e. The minimum Gasteiger partial charge on any atom is -0.316 e. The fourth-order valence-corrected chi connectivity index (χ4v) is 6.74. The molecule has 4 atom stereocenters. The van der Waals surface area contributed by atoms with Crippen LogP contribution in [0.5, 0.6) is 0 Å². The molecule has 1 nitrogen and oxygen atoms in total. The van der Waals surface area contributed by atoms with Crippen LogP contribution in [0.15, 0.2) is 29.8 Å². The molecule has 0 aromatic heterocycles. The molecule has 0 unspecified atom stereocenters. The number of nitrogens with one attached hydrogen (secondary N) is 1. The highest BCUT2D eigenvalue weighted by molar-refractivity contribution is 5.42. The van der Waals surface area contributed by atoms with E-state index in [0.717, 1.165) is 11.8 Å². The molecule has 0 saturated heterocycles. The smallest absolute Gasteiger partial charge is 0.000814 e. The molecule has 1 saturated carbocycles. The zero-order valence-electron chi connectivity index (χ0n) is 21.6. The highest BCUT2D eigenvalue weighted by atomic mass is 14.9. The molecule has 0 amide bonds. The summed E-state index contributed by atoms with van der Waals surface area (Å²) in [7, 11) is 0. The third-order valence-electron chi connectivity index (χ3n) is 8.72. The van der Waals surface area contributed by atoms with Crippen molar-refractivity contribution >= 4 is 0 Å². The molecule has 1 N–H and O–H groups in total. The molecular weight excluding hydrogens is 374 g/mol. The molecule has 0 aliphatic heterocycles. The summed E-state index contributed by atoms with van der Waals surface area (Å²) >= 11 is 0. The van der Waals surface area contributed by atoms with Gasteiger partial charge in [0.15, 0.2) is 0 Å². The van der Waals surface area contributed by atoms with E-state index in [9.17, 15) is 0 Å². The van der Waals surface area contributed by atoms with Crippen LogP contribution in [0.2, 0.25) is 0 Å². The van der Waals surface area contributed by atoms with Gasteiger partial charge in [0.25, 0.3) is 0 Å². The van der Waals surface area contributed by atoms with Crippen molar-refractivity contribution < 1.29 is 0 Å². The van der Waals surface area contributed by atoms with Gasteiger partial charge in [0.1, 0.15) is 0 Å². The highest BCUT2D eigenvalue weighted by Gasteiger charge is 2.51. The summed E-state index contributed by atoms with van der Waals surface area (Å²) in [6, 6.07) is 7.45. The van der Waals surface area contributed by atoms with Crippen LogP contribution in [0.3, 0.4) is 0 Å². The van der Waals surface area contributed by atoms with Crippen molar-refractivity contribution in [2.75, 3.05) is 13.1 Å². The Kier molecular flexibility index (Phi) is 8.11. The van der Waals surface area contributed by atoms with E-state index in [1.165, 1.54) is 75.6 Å². The number of aryl methyl sites for hydroxylation is 1. The first kappa shape index (κ1) is 24.6. The summed E-state index contributed by atoms with van der Waals surface area (Å²) in [4.78, 5) is 0. The lowest BCUT2D eigenvalue weighted by atomic mass is 9.49. The molecule has 31 heavy (non-hydrogen) atoms. The van der Waals surface area contributed by atoms with Gasteiger partial charge in [0, 0.05) is 6.54 Å². The van der Waals surface area contributed by atoms with Crippen molar-refractivity contribution in [1.82, 2.24) is 5.32 Å². The first-order valence-electron chi connectivity index (χ1n) is 13.1. The molecule has 1 fully saturated rings. The van der Waals surface area contributed by atoms with Crippen molar-refractivity contribution in [3.05, 3.63) is 46.5 Å². The third-order valence-corrected chi connectivity index (χ3v) is 8.72. The normalized spacial score (nSPS) is 28.7. The molecule has 0 radical (unpaired) electrons. The van der Waals surface area contributed by atoms with Gasteiger partial charge in [-0.05, 0) is 111 Å². The van der Waals surface area contributed by atoms with Crippen molar-refractivity contribution in [1.29, 1.82) is 0 Å². The Morgan fingerprint density at radius 1 is 1.13 bits per heavy atom. The Morgan fingerprint density at radius 3 is 2.61 bits per heavy atom. The average molecular weight is 424 g/mol. The number of fused-ring (bicyclic) bond motifs is 3. The van der Waals surface area contributed by atoms with Gasteiger partial charge in [0.2, 0.25) is 0 Å². The first-order valence-corrected chi connectivity index (χ1v) is 13.1. The Balaban J connectivity index is 1.61. The summed E-state index contributed by atoms with van der Waals surface area (Å²) in [5, 5.41) is 3.91. The third kappa shape index (κ3) is 5.65. The summed E-state index contributed by atoms with van der Waals surface area (Å²) < 4.78 is 0. The van der Waals surface area contributed by atoms with Crippen LogP contribution in [0.25, 0.3) is 0 Å².